The van der Waals surface area contributed by atoms with E-state index < -0.39 is 10.1 Å². The van der Waals surface area contributed by atoms with Crippen LogP contribution >= 0.6 is 0 Å². The van der Waals surface area contributed by atoms with Gasteiger partial charge in [-0.15, -0.1) is 0 Å². The zero-order chi connectivity index (χ0) is 13.1. The fourth-order valence-corrected chi connectivity index (χ4v) is 1.70. The smallest absolute Gasteiger partial charge is 0.748 e. The van der Waals surface area contributed by atoms with E-state index >= 15 is 0 Å². The molecule has 6 nitrogen and oxygen atoms in total. The Hall–Kier alpha value is 0.790. The summed E-state index contributed by atoms with van der Waals surface area (Å²) in [5.41, 5.74) is 0. The van der Waals surface area contributed by atoms with Gasteiger partial charge in [-0.2, -0.15) is 0 Å². The van der Waals surface area contributed by atoms with E-state index in [2.05, 4.69) is 5.32 Å². The van der Waals surface area contributed by atoms with Crippen LogP contribution in [0.2, 0.25) is 0 Å². The van der Waals surface area contributed by atoms with Gasteiger partial charge in [0.1, 0.15) is 0 Å². The third-order valence-electron chi connectivity index (χ3n) is 2.03. The third-order valence-corrected chi connectivity index (χ3v) is 2.73. The number of hydrogen-bond acceptors (Lipinski definition) is 6. The standard InChI is InChI=1S/C10H23NO5S.Na/c1-3-15-10(16-4-2)6-5-7-11-8-9-17(12,13)14;/h10-11H,3-9H2,1-2H3,(H,12,13,14);/q;+1/p-1. The molecular formula is C10H22NNaO5S. The molecule has 18 heavy (non-hydrogen) atoms. The van der Waals surface area contributed by atoms with Gasteiger partial charge < -0.3 is 19.3 Å². The molecule has 0 saturated carbocycles. The first-order valence-corrected chi connectivity index (χ1v) is 7.44. The van der Waals surface area contributed by atoms with E-state index in [0.29, 0.717) is 19.8 Å². The molecule has 0 amide bonds. The van der Waals surface area contributed by atoms with Crippen LogP contribution in [0.3, 0.4) is 0 Å². The fourth-order valence-electron chi connectivity index (χ4n) is 1.30. The summed E-state index contributed by atoms with van der Waals surface area (Å²) in [6.45, 7) is 5.86. The molecule has 0 fully saturated rings. The molecule has 8 heteroatoms. The molecule has 0 aliphatic carbocycles. The summed E-state index contributed by atoms with van der Waals surface area (Å²) in [6.07, 6.45) is 1.36. The number of ether oxygens (including phenoxy) is 2. The summed E-state index contributed by atoms with van der Waals surface area (Å²) in [4.78, 5) is 0. The van der Waals surface area contributed by atoms with Crippen molar-refractivity contribution in [2.75, 3.05) is 32.1 Å². The summed E-state index contributed by atoms with van der Waals surface area (Å²) in [7, 11) is -4.11. The summed E-state index contributed by atoms with van der Waals surface area (Å²) in [6, 6.07) is 0. The molecule has 0 aromatic carbocycles. The van der Waals surface area contributed by atoms with E-state index in [1.165, 1.54) is 0 Å². The van der Waals surface area contributed by atoms with Crippen LogP contribution < -0.4 is 34.9 Å². The van der Waals surface area contributed by atoms with Crippen molar-refractivity contribution < 1.29 is 52.0 Å². The zero-order valence-corrected chi connectivity index (χ0v) is 14.3. The number of nitrogens with one attached hydrogen (secondary N) is 1. The Kier molecular flexibility index (Phi) is 15.0. The molecule has 0 bridgehead atoms. The van der Waals surface area contributed by atoms with Crippen molar-refractivity contribution in [3.05, 3.63) is 0 Å². The maximum Gasteiger partial charge on any atom is 1.00 e. The van der Waals surface area contributed by atoms with Gasteiger partial charge in [0.05, 0.1) is 15.9 Å². The summed E-state index contributed by atoms with van der Waals surface area (Å²) in [5, 5.41) is 2.89. The number of rotatable bonds is 11. The first kappa shape index (κ1) is 21.1. The molecule has 0 spiro atoms. The first-order valence-electron chi connectivity index (χ1n) is 5.87. The van der Waals surface area contributed by atoms with Crippen molar-refractivity contribution in [2.24, 2.45) is 0 Å². The quantitative estimate of drug-likeness (QED) is 0.193. The Labute approximate surface area is 132 Å². The Bertz CT molecular complexity index is 267. The van der Waals surface area contributed by atoms with Crippen molar-refractivity contribution in [1.29, 1.82) is 0 Å². The van der Waals surface area contributed by atoms with Crippen LogP contribution in [0.5, 0.6) is 0 Å². The van der Waals surface area contributed by atoms with Crippen LogP contribution in [0, 0.1) is 0 Å². The minimum Gasteiger partial charge on any atom is -0.748 e. The molecule has 104 valence electrons. The van der Waals surface area contributed by atoms with Gasteiger partial charge in [-0.05, 0) is 33.2 Å². The second kappa shape index (κ2) is 12.8. The summed E-state index contributed by atoms with van der Waals surface area (Å²) < 4.78 is 41.6. The molecule has 0 saturated heterocycles. The average Bonchev–Trinajstić information content (AvgIpc) is 2.22. The van der Waals surface area contributed by atoms with Crippen molar-refractivity contribution >= 4 is 10.1 Å². The summed E-state index contributed by atoms with van der Waals surface area (Å²) >= 11 is 0. The Morgan fingerprint density at radius 3 is 2.17 bits per heavy atom. The molecule has 0 heterocycles. The zero-order valence-electron chi connectivity index (χ0n) is 11.5. The molecule has 0 aliphatic rings. The van der Waals surface area contributed by atoms with Crippen LogP contribution in [-0.2, 0) is 19.6 Å². The largest absolute Gasteiger partial charge is 1.00 e. The van der Waals surface area contributed by atoms with Crippen molar-refractivity contribution in [3.63, 3.8) is 0 Å². The molecule has 1 N–H and O–H groups in total. The van der Waals surface area contributed by atoms with Gasteiger partial charge in [0, 0.05) is 19.8 Å². The minimum atomic E-state index is -4.11. The van der Waals surface area contributed by atoms with Gasteiger partial charge in [-0.25, -0.2) is 8.42 Å². The third kappa shape index (κ3) is 14.8. The summed E-state index contributed by atoms with van der Waals surface area (Å²) in [5.74, 6) is -0.368. The van der Waals surface area contributed by atoms with Crippen LogP contribution in [0.15, 0.2) is 0 Å². The molecule has 0 atom stereocenters. The number of hydrogen-bond donors (Lipinski definition) is 1. The van der Waals surface area contributed by atoms with Crippen LogP contribution in [0.25, 0.3) is 0 Å². The molecule has 0 aromatic rings. The fraction of sp³-hybridized carbons (Fsp3) is 1.00. The van der Waals surface area contributed by atoms with E-state index in [-0.39, 0.29) is 48.1 Å². The van der Waals surface area contributed by atoms with Crippen molar-refractivity contribution in [1.82, 2.24) is 5.32 Å². The topological polar surface area (TPSA) is 87.7 Å². The molecular weight excluding hydrogens is 269 g/mol. The molecule has 0 radical (unpaired) electrons. The van der Waals surface area contributed by atoms with Crippen molar-refractivity contribution in [2.45, 2.75) is 33.0 Å². The monoisotopic (exact) mass is 291 g/mol. The molecule has 0 aromatic heterocycles. The van der Waals surface area contributed by atoms with Crippen LogP contribution in [0.1, 0.15) is 26.7 Å². The van der Waals surface area contributed by atoms with E-state index in [4.69, 9.17) is 9.47 Å². The second-order valence-electron chi connectivity index (χ2n) is 3.49. The van der Waals surface area contributed by atoms with Gasteiger partial charge in [-0.1, -0.05) is 0 Å². The van der Waals surface area contributed by atoms with E-state index in [1.807, 2.05) is 13.8 Å². The van der Waals surface area contributed by atoms with Gasteiger partial charge >= 0.3 is 29.6 Å². The van der Waals surface area contributed by atoms with E-state index in [9.17, 15) is 13.0 Å². The molecule has 0 unspecified atom stereocenters. The normalized spacial score (nSPS) is 11.6. The van der Waals surface area contributed by atoms with Gasteiger partial charge in [0.15, 0.2) is 6.29 Å². The Balaban J connectivity index is 0. The van der Waals surface area contributed by atoms with E-state index in [0.717, 1.165) is 12.8 Å². The van der Waals surface area contributed by atoms with Gasteiger partial charge in [0.25, 0.3) is 0 Å². The maximum absolute atomic E-state index is 10.3. The van der Waals surface area contributed by atoms with E-state index in [1.54, 1.807) is 0 Å². The second-order valence-corrected chi connectivity index (χ2v) is 5.02. The average molecular weight is 291 g/mol. The molecule has 0 aliphatic heterocycles. The minimum absolute atomic E-state index is 0. The van der Waals surface area contributed by atoms with Gasteiger partial charge in [0.2, 0.25) is 0 Å². The Morgan fingerprint density at radius 2 is 1.72 bits per heavy atom. The Morgan fingerprint density at radius 1 is 1.17 bits per heavy atom. The van der Waals surface area contributed by atoms with Crippen molar-refractivity contribution in [3.8, 4) is 0 Å². The van der Waals surface area contributed by atoms with Crippen LogP contribution in [0.4, 0.5) is 0 Å². The predicted octanol–water partition coefficient (Wildman–Crippen LogP) is -2.70. The SMILES string of the molecule is CCOC(CCCNCCS(=O)(=O)[O-])OCC.[Na+]. The predicted molar refractivity (Wildman–Crippen MR) is 63.7 cm³/mol. The molecule has 0 rings (SSSR count). The van der Waals surface area contributed by atoms with Crippen LogP contribution in [-0.4, -0.2) is 51.3 Å². The maximum atomic E-state index is 10.3. The first-order chi connectivity index (χ1) is 7.99. The van der Waals surface area contributed by atoms with Gasteiger partial charge in [-0.3, -0.25) is 0 Å².